The molecule has 0 radical (unpaired) electrons. The van der Waals surface area contributed by atoms with Gasteiger partial charge in [0.15, 0.2) is 5.03 Å². The Balaban J connectivity index is 1.96. The fraction of sp³-hybridized carbons (Fsp3) is 0.750. The largest absolute Gasteiger partial charge is 0.380 e. The van der Waals surface area contributed by atoms with Crippen molar-refractivity contribution in [1.29, 1.82) is 0 Å². The number of sulfonamides is 1. The van der Waals surface area contributed by atoms with Crippen molar-refractivity contribution in [2.75, 3.05) is 26.8 Å². The topological polar surface area (TPSA) is 75.3 Å². The second-order valence-corrected chi connectivity index (χ2v) is 7.34. The second-order valence-electron chi connectivity index (χ2n) is 5.11. The summed E-state index contributed by atoms with van der Waals surface area (Å²) in [5.41, 5.74) is 1.20. The van der Waals surface area contributed by atoms with Crippen molar-refractivity contribution in [3.8, 4) is 0 Å². The number of aromatic amines is 1. The highest BCUT2D eigenvalue weighted by Gasteiger charge is 2.28. The lowest BCUT2D eigenvalue weighted by Crippen LogP contribution is -2.31. The van der Waals surface area contributed by atoms with Gasteiger partial charge in [0.25, 0.3) is 10.0 Å². The summed E-state index contributed by atoms with van der Waals surface area (Å²) in [4.78, 5) is 0. The van der Waals surface area contributed by atoms with Crippen LogP contribution in [0.1, 0.15) is 24.1 Å². The average Bonchev–Trinajstić information content (AvgIpc) is 3.15. The maximum absolute atomic E-state index is 12.4. The Hall–Kier alpha value is -0.630. The Morgan fingerprint density at radius 1 is 1.50 bits per heavy atom. The molecule has 0 atom stereocenters. The molecule has 1 aliphatic rings. The monoisotopic (exact) mass is 321 g/mol. The summed E-state index contributed by atoms with van der Waals surface area (Å²) in [6.07, 6.45) is 2.44. The van der Waals surface area contributed by atoms with Crippen molar-refractivity contribution in [1.82, 2.24) is 14.5 Å². The van der Waals surface area contributed by atoms with E-state index >= 15 is 0 Å². The molecule has 0 aliphatic heterocycles. The molecule has 1 fully saturated rings. The van der Waals surface area contributed by atoms with E-state index in [1.165, 1.54) is 24.2 Å². The molecule has 0 unspecified atom stereocenters. The molecule has 0 saturated heterocycles. The van der Waals surface area contributed by atoms with Crippen LogP contribution < -0.4 is 0 Å². The lowest BCUT2D eigenvalue weighted by Gasteiger charge is -2.16. The number of alkyl halides is 1. The van der Waals surface area contributed by atoms with Crippen LogP contribution in [0.15, 0.2) is 5.03 Å². The number of aromatic nitrogens is 2. The summed E-state index contributed by atoms with van der Waals surface area (Å²) in [5.74, 6) is 0.789. The fourth-order valence-corrected chi connectivity index (χ4v) is 3.51. The summed E-state index contributed by atoms with van der Waals surface area (Å²) in [6.45, 7) is 3.18. The van der Waals surface area contributed by atoms with Gasteiger partial charge in [0.05, 0.1) is 12.5 Å². The predicted molar refractivity (Wildman–Crippen MR) is 76.2 cm³/mol. The van der Waals surface area contributed by atoms with Gasteiger partial charge in [-0.3, -0.25) is 5.10 Å². The zero-order chi connectivity index (χ0) is 14.8. The third kappa shape index (κ3) is 3.52. The first-order valence-corrected chi connectivity index (χ1v) is 8.58. The second kappa shape index (κ2) is 6.43. The molecule has 1 heterocycles. The van der Waals surface area contributed by atoms with Crippen molar-refractivity contribution in [2.45, 2.75) is 30.7 Å². The van der Waals surface area contributed by atoms with Crippen molar-refractivity contribution in [3.63, 3.8) is 0 Å². The highest BCUT2D eigenvalue weighted by molar-refractivity contribution is 7.89. The molecule has 20 heavy (non-hydrogen) atoms. The van der Waals surface area contributed by atoms with E-state index in [0.29, 0.717) is 30.3 Å². The molecule has 2 rings (SSSR count). The minimum absolute atomic E-state index is 0.00897. The van der Waals surface area contributed by atoms with Gasteiger partial charge in [-0.2, -0.15) is 9.40 Å². The molecule has 1 aromatic heterocycles. The minimum atomic E-state index is -3.62. The Labute approximate surface area is 124 Å². The van der Waals surface area contributed by atoms with E-state index in [4.69, 9.17) is 16.3 Å². The number of H-pyrrole nitrogens is 1. The molecule has 1 aliphatic carbocycles. The number of ether oxygens (including phenoxy) is 1. The van der Waals surface area contributed by atoms with Gasteiger partial charge in [-0.1, -0.05) is 0 Å². The lowest BCUT2D eigenvalue weighted by molar-refractivity contribution is 0.117. The molecule has 0 bridgehead atoms. The van der Waals surface area contributed by atoms with Crippen molar-refractivity contribution >= 4 is 21.6 Å². The molecular weight excluding hydrogens is 302 g/mol. The number of rotatable bonds is 8. The van der Waals surface area contributed by atoms with E-state index in [-0.39, 0.29) is 10.9 Å². The van der Waals surface area contributed by atoms with E-state index in [2.05, 4.69) is 10.2 Å². The van der Waals surface area contributed by atoms with Crippen LogP contribution in [0.3, 0.4) is 0 Å². The number of hydrogen-bond donors (Lipinski definition) is 1. The SMILES string of the molecule is Cc1[nH]nc(S(=O)(=O)N(C)CCOCC2CC2)c1CCl. The number of nitrogens with zero attached hydrogens (tertiary/aromatic N) is 2. The smallest absolute Gasteiger partial charge is 0.262 e. The van der Waals surface area contributed by atoms with Crippen molar-refractivity contribution in [2.24, 2.45) is 5.92 Å². The van der Waals surface area contributed by atoms with Crippen LogP contribution in [0.4, 0.5) is 0 Å². The first kappa shape index (κ1) is 15.8. The molecule has 8 heteroatoms. The highest BCUT2D eigenvalue weighted by Crippen LogP contribution is 2.28. The maximum Gasteiger partial charge on any atom is 0.262 e. The minimum Gasteiger partial charge on any atom is -0.380 e. The highest BCUT2D eigenvalue weighted by atomic mass is 35.5. The standard InChI is InChI=1S/C12H20ClN3O3S/c1-9-11(7-13)12(15-14-9)20(17,18)16(2)5-6-19-8-10-3-4-10/h10H,3-8H2,1-2H3,(H,14,15). The quantitative estimate of drug-likeness (QED) is 0.581. The van der Waals surface area contributed by atoms with E-state index in [1.54, 1.807) is 6.92 Å². The summed E-state index contributed by atoms with van der Waals surface area (Å²) >= 11 is 5.79. The summed E-state index contributed by atoms with van der Waals surface area (Å²) in [6, 6.07) is 0. The van der Waals surface area contributed by atoms with E-state index in [1.807, 2.05) is 0 Å². The Morgan fingerprint density at radius 3 is 2.80 bits per heavy atom. The van der Waals surface area contributed by atoms with Gasteiger partial charge in [-0.05, 0) is 25.7 Å². The van der Waals surface area contributed by atoms with Gasteiger partial charge in [0.2, 0.25) is 0 Å². The number of nitrogens with one attached hydrogen (secondary N) is 1. The third-order valence-electron chi connectivity index (χ3n) is 3.43. The molecule has 0 aromatic carbocycles. The van der Waals surface area contributed by atoms with Crippen LogP contribution in [0.25, 0.3) is 0 Å². The van der Waals surface area contributed by atoms with E-state index in [9.17, 15) is 8.42 Å². The average molecular weight is 322 g/mol. The molecule has 6 nitrogen and oxygen atoms in total. The van der Waals surface area contributed by atoms with Crippen molar-refractivity contribution in [3.05, 3.63) is 11.3 Å². The molecule has 0 spiro atoms. The van der Waals surface area contributed by atoms with E-state index in [0.717, 1.165) is 6.61 Å². The van der Waals surface area contributed by atoms with Crippen LogP contribution in [-0.2, 0) is 20.6 Å². The molecule has 0 amide bonds. The molecule has 1 N–H and O–H groups in total. The number of aryl methyl sites for hydroxylation is 1. The normalized spacial score (nSPS) is 16.0. The first-order chi connectivity index (χ1) is 9.46. The predicted octanol–water partition coefficient (Wildman–Crippen LogP) is 1.50. The molecule has 1 saturated carbocycles. The number of likely N-dealkylation sites (N-methyl/N-ethyl adjacent to an activating group) is 1. The Kier molecular flexibility index (Phi) is 5.06. The zero-order valence-electron chi connectivity index (χ0n) is 11.7. The molecule has 114 valence electrons. The summed E-state index contributed by atoms with van der Waals surface area (Å²) < 4.78 is 31.5. The summed E-state index contributed by atoms with van der Waals surface area (Å²) in [7, 11) is -2.09. The maximum atomic E-state index is 12.4. The lowest BCUT2D eigenvalue weighted by atomic mass is 10.3. The zero-order valence-corrected chi connectivity index (χ0v) is 13.3. The van der Waals surface area contributed by atoms with Gasteiger partial charge in [-0.25, -0.2) is 8.42 Å². The van der Waals surface area contributed by atoms with Crippen LogP contribution >= 0.6 is 11.6 Å². The van der Waals surface area contributed by atoms with Crippen LogP contribution in [0, 0.1) is 12.8 Å². The molecular formula is C12H20ClN3O3S. The fourth-order valence-electron chi connectivity index (χ4n) is 1.80. The summed E-state index contributed by atoms with van der Waals surface area (Å²) in [5, 5.41) is 6.54. The Morgan fingerprint density at radius 2 is 2.20 bits per heavy atom. The van der Waals surface area contributed by atoms with Crippen LogP contribution in [-0.4, -0.2) is 49.7 Å². The van der Waals surface area contributed by atoms with Gasteiger partial charge < -0.3 is 4.74 Å². The van der Waals surface area contributed by atoms with Crippen LogP contribution in [0.2, 0.25) is 0 Å². The first-order valence-electron chi connectivity index (χ1n) is 6.60. The number of hydrogen-bond acceptors (Lipinski definition) is 4. The van der Waals surface area contributed by atoms with Gasteiger partial charge in [-0.15, -0.1) is 11.6 Å². The van der Waals surface area contributed by atoms with E-state index < -0.39 is 10.0 Å². The number of halogens is 1. The molecule has 1 aromatic rings. The van der Waals surface area contributed by atoms with Gasteiger partial charge in [0.1, 0.15) is 0 Å². The van der Waals surface area contributed by atoms with Crippen LogP contribution in [0.5, 0.6) is 0 Å². The Bertz CT molecular complexity index is 554. The van der Waals surface area contributed by atoms with Gasteiger partial charge in [0, 0.05) is 31.5 Å². The van der Waals surface area contributed by atoms with Crippen molar-refractivity contribution < 1.29 is 13.2 Å². The van der Waals surface area contributed by atoms with Gasteiger partial charge >= 0.3 is 0 Å². The third-order valence-corrected chi connectivity index (χ3v) is 5.52.